The van der Waals surface area contributed by atoms with Crippen LogP contribution >= 0.6 is 11.8 Å². The minimum absolute atomic E-state index is 0.0717. The third-order valence-electron chi connectivity index (χ3n) is 2.18. The molecule has 0 heterocycles. The zero-order valence-electron chi connectivity index (χ0n) is 9.45. The summed E-state index contributed by atoms with van der Waals surface area (Å²) in [5.74, 6) is 0.633. The molecule has 0 aliphatic rings. The largest absolute Gasteiger partial charge is 0.370 e. The lowest BCUT2D eigenvalue weighted by Gasteiger charge is -2.04. The van der Waals surface area contributed by atoms with E-state index in [1.165, 1.54) is 28.5 Å². The fourth-order valence-electron chi connectivity index (χ4n) is 1.19. The number of rotatable bonds is 2. The molecule has 1 rings (SSSR count). The van der Waals surface area contributed by atoms with Gasteiger partial charge in [-0.2, -0.15) is 4.99 Å². The first-order valence-electron chi connectivity index (χ1n) is 4.86. The molecule has 0 aliphatic heterocycles. The average molecular weight is 236 g/mol. The second-order valence-electron chi connectivity index (χ2n) is 3.55. The Labute approximate surface area is 99.6 Å². The van der Waals surface area contributed by atoms with Crippen LogP contribution in [0, 0.1) is 19.3 Å². The van der Waals surface area contributed by atoms with Crippen molar-refractivity contribution in [2.24, 2.45) is 16.5 Å². The molecule has 0 amide bonds. The molecule has 1 aromatic carbocycles. The van der Waals surface area contributed by atoms with Crippen LogP contribution in [0.5, 0.6) is 0 Å². The SMILES string of the molecule is Cc1ccc(CSC(=N)N=C(N)N)cc1C. The highest BCUT2D eigenvalue weighted by atomic mass is 32.2. The minimum Gasteiger partial charge on any atom is -0.370 e. The van der Waals surface area contributed by atoms with Crippen molar-refractivity contribution in [2.45, 2.75) is 19.6 Å². The molecule has 0 atom stereocenters. The lowest BCUT2D eigenvalue weighted by atomic mass is 10.1. The lowest BCUT2D eigenvalue weighted by molar-refractivity contribution is 1.29. The van der Waals surface area contributed by atoms with Gasteiger partial charge in [0.2, 0.25) is 0 Å². The Kier molecular flexibility index (Phi) is 4.37. The summed E-state index contributed by atoms with van der Waals surface area (Å²) < 4.78 is 0. The summed E-state index contributed by atoms with van der Waals surface area (Å²) in [5, 5.41) is 7.62. The molecular formula is C11H16N4S. The molecule has 16 heavy (non-hydrogen) atoms. The van der Waals surface area contributed by atoms with E-state index in [-0.39, 0.29) is 11.1 Å². The van der Waals surface area contributed by atoms with E-state index in [1.807, 2.05) is 0 Å². The Hall–Kier alpha value is -1.49. The van der Waals surface area contributed by atoms with Gasteiger partial charge in [-0.1, -0.05) is 30.0 Å². The molecule has 0 saturated carbocycles. The minimum atomic E-state index is -0.0717. The van der Waals surface area contributed by atoms with Gasteiger partial charge in [-0.05, 0) is 30.5 Å². The van der Waals surface area contributed by atoms with Gasteiger partial charge in [0.15, 0.2) is 11.1 Å². The first-order chi connectivity index (χ1) is 7.49. The van der Waals surface area contributed by atoms with Gasteiger partial charge in [0.1, 0.15) is 0 Å². The number of nitrogens with one attached hydrogen (secondary N) is 1. The predicted octanol–water partition coefficient (Wildman–Crippen LogP) is 1.74. The molecule has 0 radical (unpaired) electrons. The number of aliphatic imine (C=N–C) groups is 1. The molecule has 4 nitrogen and oxygen atoms in total. The monoisotopic (exact) mass is 236 g/mol. The molecule has 0 spiro atoms. The van der Waals surface area contributed by atoms with Crippen LogP contribution in [0.4, 0.5) is 0 Å². The third kappa shape index (κ3) is 3.94. The maximum Gasteiger partial charge on any atom is 0.193 e. The number of benzene rings is 1. The Morgan fingerprint density at radius 1 is 1.31 bits per heavy atom. The van der Waals surface area contributed by atoms with E-state index in [0.29, 0.717) is 5.75 Å². The number of aryl methyl sites for hydroxylation is 2. The van der Waals surface area contributed by atoms with Crippen molar-refractivity contribution in [1.29, 1.82) is 5.41 Å². The highest BCUT2D eigenvalue weighted by molar-refractivity contribution is 8.13. The van der Waals surface area contributed by atoms with E-state index < -0.39 is 0 Å². The van der Waals surface area contributed by atoms with Gasteiger partial charge in [0, 0.05) is 5.75 Å². The second kappa shape index (κ2) is 5.55. The summed E-state index contributed by atoms with van der Waals surface area (Å²) in [5.41, 5.74) is 14.1. The molecule has 0 unspecified atom stereocenters. The van der Waals surface area contributed by atoms with Gasteiger partial charge >= 0.3 is 0 Å². The van der Waals surface area contributed by atoms with Crippen LogP contribution in [0.25, 0.3) is 0 Å². The van der Waals surface area contributed by atoms with Crippen molar-refractivity contribution in [2.75, 3.05) is 0 Å². The van der Waals surface area contributed by atoms with Crippen molar-refractivity contribution >= 4 is 22.9 Å². The van der Waals surface area contributed by atoms with Gasteiger partial charge in [-0.15, -0.1) is 0 Å². The van der Waals surface area contributed by atoms with E-state index in [9.17, 15) is 0 Å². The van der Waals surface area contributed by atoms with Crippen LogP contribution in [0.15, 0.2) is 23.2 Å². The molecule has 0 aliphatic carbocycles. The predicted molar refractivity (Wildman–Crippen MR) is 70.7 cm³/mol. The molecule has 86 valence electrons. The molecule has 5 heteroatoms. The number of hydrogen-bond acceptors (Lipinski definition) is 2. The molecule has 1 aromatic rings. The maximum absolute atomic E-state index is 7.48. The smallest absolute Gasteiger partial charge is 0.193 e. The van der Waals surface area contributed by atoms with Crippen molar-refractivity contribution < 1.29 is 0 Å². The lowest BCUT2D eigenvalue weighted by Crippen LogP contribution is -2.23. The Bertz CT molecular complexity index is 422. The number of amidine groups is 1. The Morgan fingerprint density at radius 2 is 2.00 bits per heavy atom. The Balaban J connectivity index is 2.58. The van der Waals surface area contributed by atoms with E-state index >= 15 is 0 Å². The first kappa shape index (κ1) is 12.6. The molecular weight excluding hydrogens is 220 g/mol. The zero-order valence-corrected chi connectivity index (χ0v) is 10.3. The topological polar surface area (TPSA) is 88.2 Å². The van der Waals surface area contributed by atoms with Crippen LogP contribution < -0.4 is 11.5 Å². The summed E-state index contributed by atoms with van der Waals surface area (Å²) >= 11 is 1.31. The van der Waals surface area contributed by atoms with Gasteiger partial charge in [0.25, 0.3) is 0 Å². The summed E-state index contributed by atoms with van der Waals surface area (Å²) in [4.78, 5) is 3.65. The van der Waals surface area contributed by atoms with Gasteiger partial charge in [-0.25, -0.2) is 0 Å². The molecule has 0 aromatic heterocycles. The van der Waals surface area contributed by atoms with E-state index in [2.05, 4.69) is 37.0 Å². The van der Waals surface area contributed by atoms with Crippen LogP contribution in [-0.2, 0) is 5.75 Å². The van der Waals surface area contributed by atoms with Crippen molar-refractivity contribution in [1.82, 2.24) is 0 Å². The van der Waals surface area contributed by atoms with Crippen LogP contribution in [0.3, 0.4) is 0 Å². The maximum atomic E-state index is 7.48. The van der Waals surface area contributed by atoms with Crippen LogP contribution in [0.2, 0.25) is 0 Å². The number of thioether (sulfide) groups is 1. The highest BCUT2D eigenvalue weighted by Crippen LogP contribution is 2.16. The Morgan fingerprint density at radius 3 is 2.56 bits per heavy atom. The summed E-state index contributed by atoms with van der Waals surface area (Å²) in [7, 11) is 0. The normalized spacial score (nSPS) is 9.88. The quantitative estimate of drug-likeness (QED) is 0.540. The highest BCUT2D eigenvalue weighted by Gasteiger charge is 2.00. The summed E-state index contributed by atoms with van der Waals surface area (Å²) in [6.45, 7) is 4.15. The van der Waals surface area contributed by atoms with Gasteiger partial charge < -0.3 is 11.5 Å². The van der Waals surface area contributed by atoms with E-state index in [0.717, 1.165) is 0 Å². The van der Waals surface area contributed by atoms with Crippen molar-refractivity contribution in [3.05, 3.63) is 34.9 Å². The molecule has 0 fully saturated rings. The van der Waals surface area contributed by atoms with E-state index in [4.69, 9.17) is 16.9 Å². The van der Waals surface area contributed by atoms with Crippen molar-refractivity contribution in [3.63, 3.8) is 0 Å². The standard InChI is InChI=1S/C11H16N4S/c1-7-3-4-9(5-8(7)2)6-16-11(14)15-10(12)13/h3-5H,6H2,1-2H3,(H5,12,13,14,15). The summed E-state index contributed by atoms with van der Waals surface area (Å²) in [6, 6.07) is 6.25. The average Bonchev–Trinajstić information content (AvgIpc) is 2.19. The fraction of sp³-hybridized carbons (Fsp3) is 0.273. The van der Waals surface area contributed by atoms with Crippen molar-refractivity contribution in [3.8, 4) is 0 Å². The number of guanidine groups is 1. The van der Waals surface area contributed by atoms with Crippen LogP contribution in [-0.4, -0.2) is 11.1 Å². The fourth-order valence-corrected chi connectivity index (χ4v) is 1.85. The first-order valence-corrected chi connectivity index (χ1v) is 5.84. The molecule has 0 bridgehead atoms. The second-order valence-corrected chi connectivity index (χ2v) is 4.51. The molecule has 5 N–H and O–H groups in total. The summed E-state index contributed by atoms with van der Waals surface area (Å²) in [6.07, 6.45) is 0. The third-order valence-corrected chi connectivity index (χ3v) is 3.02. The van der Waals surface area contributed by atoms with E-state index in [1.54, 1.807) is 0 Å². The molecule has 0 saturated heterocycles. The number of nitrogens with zero attached hydrogens (tertiary/aromatic N) is 1. The zero-order chi connectivity index (χ0) is 12.1. The van der Waals surface area contributed by atoms with Crippen LogP contribution in [0.1, 0.15) is 16.7 Å². The number of hydrogen-bond donors (Lipinski definition) is 3. The van der Waals surface area contributed by atoms with Gasteiger partial charge in [-0.3, -0.25) is 5.41 Å². The van der Waals surface area contributed by atoms with Gasteiger partial charge in [0.05, 0.1) is 0 Å². The number of nitrogens with two attached hydrogens (primary N) is 2.